The third-order valence-corrected chi connectivity index (χ3v) is 5.24. The molecular formula is C20H20O2S2. The topological polar surface area (TPSA) is 34.1 Å². The SMILES string of the molecule is CS(=O)c1ccc(-c2ccccc2)cc1.CS(=O)c1ccccc1. The van der Waals surface area contributed by atoms with Crippen LogP contribution < -0.4 is 0 Å². The molecule has 0 aliphatic rings. The smallest absolute Gasteiger partial charge is 0.0498 e. The van der Waals surface area contributed by atoms with Gasteiger partial charge in [0.1, 0.15) is 0 Å². The Hall–Kier alpha value is -2.04. The van der Waals surface area contributed by atoms with Crippen molar-refractivity contribution in [2.24, 2.45) is 0 Å². The summed E-state index contributed by atoms with van der Waals surface area (Å²) in [5, 5.41) is 0. The molecule has 0 radical (unpaired) electrons. The van der Waals surface area contributed by atoms with Crippen molar-refractivity contribution < 1.29 is 8.42 Å². The largest absolute Gasteiger partial charge is 0.255 e. The molecule has 4 heteroatoms. The minimum Gasteiger partial charge on any atom is -0.255 e. The van der Waals surface area contributed by atoms with E-state index in [0.717, 1.165) is 15.4 Å². The molecule has 0 saturated heterocycles. The zero-order chi connectivity index (χ0) is 17.4. The highest BCUT2D eigenvalue weighted by Crippen LogP contribution is 2.19. The molecule has 2 atom stereocenters. The third-order valence-electron chi connectivity index (χ3n) is 3.37. The molecule has 0 N–H and O–H groups in total. The fourth-order valence-electron chi connectivity index (χ4n) is 2.08. The van der Waals surface area contributed by atoms with Gasteiger partial charge in [0.05, 0.1) is 0 Å². The second-order valence-corrected chi connectivity index (χ2v) is 7.87. The Morgan fingerprint density at radius 3 is 1.29 bits per heavy atom. The monoisotopic (exact) mass is 356 g/mol. The summed E-state index contributed by atoms with van der Waals surface area (Å²) in [5.41, 5.74) is 2.34. The maximum Gasteiger partial charge on any atom is 0.0498 e. The van der Waals surface area contributed by atoms with Crippen molar-refractivity contribution in [3.63, 3.8) is 0 Å². The van der Waals surface area contributed by atoms with Gasteiger partial charge in [0.25, 0.3) is 0 Å². The highest BCUT2D eigenvalue weighted by molar-refractivity contribution is 7.84. The summed E-state index contributed by atoms with van der Waals surface area (Å²) < 4.78 is 22.0. The van der Waals surface area contributed by atoms with Gasteiger partial charge < -0.3 is 0 Å². The average Bonchev–Trinajstić information content (AvgIpc) is 2.64. The van der Waals surface area contributed by atoms with Gasteiger partial charge in [-0.15, -0.1) is 0 Å². The molecule has 124 valence electrons. The Kier molecular flexibility index (Phi) is 7.09. The average molecular weight is 357 g/mol. The molecule has 0 amide bonds. The Morgan fingerprint density at radius 2 is 0.875 bits per heavy atom. The van der Waals surface area contributed by atoms with Crippen LogP contribution in [0.25, 0.3) is 11.1 Å². The molecule has 0 saturated carbocycles. The first-order valence-electron chi connectivity index (χ1n) is 7.45. The first-order chi connectivity index (χ1) is 11.6. The molecular weight excluding hydrogens is 336 g/mol. The van der Waals surface area contributed by atoms with E-state index in [-0.39, 0.29) is 0 Å². The van der Waals surface area contributed by atoms with Gasteiger partial charge in [-0.05, 0) is 35.4 Å². The maximum atomic E-state index is 11.2. The number of rotatable bonds is 3. The molecule has 0 bridgehead atoms. The minimum atomic E-state index is -0.894. The predicted octanol–water partition coefficient (Wildman–Crippen LogP) is 4.52. The van der Waals surface area contributed by atoms with Crippen molar-refractivity contribution >= 4 is 21.6 Å². The summed E-state index contributed by atoms with van der Waals surface area (Å²) in [4.78, 5) is 1.76. The summed E-state index contributed by atoms with van der Waals surface area (Å²) in [6.45, 7) is 0. The van der Waals surface area contributed by atoms with Crippen LogP contribution in [0.5, 0.6) is 0 Å². The lowest BCUT2D eigenvalue weighted by molar-refractivity contribution is 0.686. The Balaban J connectivity index is 0.000000198. The Labute approximate surface area is 148 Å². The van der Waals surface area contributed by atoms with Gasteiger partial charge in [0.15, 0.2) is 0 Å². The summed E-state index contributed by atoms with van der Waals surface area (Å²) in [6, 6.07) is 27.4. The van der Waals surface area contributed by atoms with E-state index in [1.165, 1.54) is 5.56 Å². The van der Waals surface area contributed by atoms with Crippen molar-refractivity contribution in [3.05, 3.63) is 84.9 Å². The standard InChI is InChI=1S/C13H12OS.C7H8OS/c1-15(14)13-9-7-12(8-10-13)11-5-3-2-4-6-11;1-9(8)7-5-3-2-4-6-7/h2-10H,1H3;2-6H,1H3. The fraction of sp³-hybridized carbons (Fsp3) is 0.100. The summed E-state index contributed by atoms with van der Waals surface area (Å²) in [5.74, 6) is 0. The van der Waals surface area contributed by atoms with E-state index in [0.29, 0.717) is 0 Å². The fourth-order valence-corrected chi connectivity index (χ4v) is 3.14. The van der Waals surface area contributed by atoms with Gasteiger partial charge in [-0.1, -0.05) is 60.7 Å². The zero-order valence-corrected chi connectivity index (χ0v) is 15.3. The van der Waals surface area contributed by atoms with Crippen LogP contribution in [0.3, 0.4) is 0 Å². The molecule has 3 aromatic rings. The van der Waals surface area contributed by atoms with Crippen LogP contribution in [-0.4, -0.2) is 20.9 Å². The van der Waals surface area contributed by atoms with Gasteiger partial charge in [-0.25, -0.2) is 0 Å². The first kappa shape index (κ1) is 18.3. The van der Waals surface area contributed by atoms with E-state index in [4.69, 9.17) is 0 Å². The van der Waals surface area contributed by atoms with Crippen molar-refractivity contribution in [2.75, 3.05) is 12.5 Å². The van der Waals surface area contributed by atoms with Gasteiger partial charge in [-0.3, -0.25) is 8.42 Å². The molecule has 3 aromatic carbocycles. The molecule has 0 aliphatic heterocycles. The van der Waals surface area contributed by atoms with Gasteiger partial charge in [0, 0.05) is 43.9 Å². The van der Waals surface area contributed by atoms with Gasteiger partial charge >= 0.3 is 0 Å². The quantitative estimate of drug-likeness (QED) is 0.692. The summed E-state index contributed by atoms with van der Waals surface area (Å²) in [6.07, 6.45) is 3.37. The van der Waals surface area contributed by atoms with E-state index >= 15 is 0 Å². The van der Waals surface area contributed by atoms with Crippen LogP contribution in [0.4, 0.5) is 0 Å². The predicted molar refractivity (Wildman–Crippen MR) is 103 cm³/mol. The van der Waals surface area contributed by atoms with Crippen LogP contribution >= 0.6 is 0 Å². The van der Waals surface area contributed by atoms with Crippen LogP contribution in [0.15, 0.2) is 94.7 Å². The van der Waals surface area contributed by atoms with Gasteiger partial charge in [0.2, 0.25) is 0 Å². The van der Waals surface area contributed by atoms with E-state index in [1.807, 2.05) is 72.8 Å². The highest BCUT2D eigenvalue weighted by Gasteiger charge is 1.99. The van der Waals surface area contributed by atoms with Crippen LogP contribution in [-0.2, 0) is 21.6 Å². The molecule has 0 heterocycles. The number of hydrogen-bond donors (Lipinski definition) is 0. The molecule has 0 aliphatic carbocycles. The molecule has 2 unspecified atom stereocenters. The van der Waals surface area contributed by atoms with E-state index in [1.54, 1.807) is 12.5 Å². The summed E-state index contributed by atoms with van der Waals surface area (Å²) in [7, 11) is -1.72. The number of benzene rings is 3. The van der Waals surface area contributed by atoms with Crippen LogP contribution in [0.2, 0.25) is 0 Å². The normalized spacial score (nSPS) is 12.6. The van der Waals surface area contributed by atoms with E-state index in [2.05, 4.69) is 12.1 Å². The van der Waals surface area contributed by atoms with Crippen molar-refractivity contribution in [1.82, 2.24) is 0 Å². The molecule has 0 spiro atoms. The molecule has 0 aromatic heterocycles. The molecule has 0 fully saturated rings. The lowest BCUT2D eigenvalue weighted by atomic mass is 10.1. The second-order valence-electron chi connectivity index (χ2n) is 5.11. The van der Waals surface area contributed by atoms with E-state index in [9.17, 15) is 8.42 Å². The first-order valence-corrected chi connectivity index (χ1v) is 10.6. The second kappa shape index (κ2) is 9.30. The highest BCUT2D eigenvalue weighted by atomic mass is 32.2. The zero-order valence-electron chi connectivity index (χ0n) is 13.7. The lowest BCUT2D eigenvalue weighted by Crippen LogP contribution is -1.86. The van der Waals surface area contributed by atoms with Crippen molar-refractivity contribution in [1.29, 1.82) is 0 Å². The van der Waals surface area contributed by atoms with Crippen LogP contribution in [0.1, 0.15) is 0 Å². The number of hydrogen-bond acceptors (Lipinski definition) is 2. The van der Waals surface area contributed by atoms with E-state index < -0.39 is 21.6 Å². The summed E-state index contributed by atoms with van der Waals surface area (Å²) >= 11 is 0. The Bertz CT molecular complexity index is 798. The van der Waals surface area contributed by atoms with Crippen molar-refractivity contribution in [3.8, 4) is 11.1 Å². The lowest BCUT2D eigenvalue weighted by Gasteiger charge is -2.02. The van der Waals surface area contributed by atoms with Crippen LogP contribution in [0, 0.1) is 0 Å². The van der Waals surface area contributed by atoms with Gasteiger partial charge in [-0.2, -0.15) is 0 Å². The maximum absolute atomic E-state index is 11.2. The Morgan fingerprint density at radius 1 is 0.500 bits per heavy atom. The van der Waals surface area contributed by atoms with Crippen molar-refractivity contribution in [2.45, 2.75) is 9.79 Å². The minimum absolute atomic E-state index is 0.829. The third kappa shape index (κ3) is 5.55. The molecule has 24 heavy (non-hydrogen) atoms. The molecule has 2 nitrogen and oxygen atoms in total. The molecule has 3 rings (SSSR count).